The summed E-state index contributed by atoms with van der Waals surface area (Å²) < 4.78 is 42.3. The lowest BCUT2D eigenvalue weighted by molar-refractivity contribution is -0.136. The number of benzene rings is 3. The zero-order chi connectivity index (χ0) is 33.9. The van der Waals surface area contributed by atoms with Crippen LogP contribution in [0.15, 0.2) is 75.4 Å². The molecule has 0 saturated heterocycles. The fourth-order valence-corrected chi connectivity index (χ4v) is 5.24. The summed E-state index contributed by atoms with van der Waals surface area (Å²) in [6, 6.07) is 13.4. The first-order valence-electron chi connectivity index (χ1n) is 14.7. The van der Waals surface area contributed by atoms with E-state index in [0.717, 1.165) is 0 Å². The van der Waals surface area contributed by atoms with Crippen molar-refractivity contribution in [1.82, 2.24) is 16.1 Å². The third-order valence-electron chi connectivity index (χ3n) is 6.71. The average molecular weight is 716 g/mol. The van der Waals surface area contributed by atoms with Crippen LogP contribution in [0, 0.1) is 5.82 Å². The fourth-order valence-electron chi connectivity index (χ4n) is 4.67. The Labute approximate surface area is 280 Å². The average Bonchev–Trinajstić information content (AvgIpc) is 3.03. The Kier molecular flexibility index (Phi) is 12.4. The zero-order valence-electron chi connectivity index (χ0n) is 26.3. The van der Waals surface area contributed by atoms with Crippen molar-refractivity contribution >= 4 is 34.1 Å². The Balaban J connectivity index is 1.40. The molecule has 12 nitrogen and oxygen atoms in total. The second-order valence-electron chi connectivity index (χ2n) is 10.1. The van der Waals surface area contributed by atoms with Crippen molar-refractivity contribution in [3.05, 3.63) is 92.8 Å². The Morgan fingerprint density at radius 2 is 1.83 bits per heavy atom. The summed E-state index contributed by atoms with van der Waals surface area (Å²) in [5, 5.41) is 19.9. The minimum absolute atomic E-state index is 0.144. The number of amides is 2. The zero-order valence-corrected chi connectivity index (χ0v) is 27.9. The summed E-state index contributed by atoms with van der Waals surface area (Å²) in [7, 11) is 1.27. The van der Waals surface area contributed by atoms with Gasteiger partial charge in [-0.3, -0.25) is 5.43 Å². The molecule has 47 heavy (non-hydrogen) atoms. The molecule has 0 saturated carbocycles. The van der Waals surface area contributed by atoms with Crippen molar-refractivity contribution in [2.75, 3.05) is 26.9 Å². The normalized spacial score (nSPS) is 15.0. The number of esters is 1. The maximum atomic E-state index is 13.6. The molecule has 0 bridgehead atoms. The van der Waals surface area contributed by atoms with E-state index in [1.807, 2.05) is 6.92 Å². The molecule has 1 aliphatic heterocycles. The Morgan fingerprint density at radius 1 is 1.06 bits per heavy atom. The lowest BCUT2D eigenvalue weighted by Crippen LogP contribution is -2.45. The lowest BCUT2D eigenvalue weighted by atomic mass is 9.95. The highest BCUT2D eigenvalue weighted by atomic mass is 79.9. The molecule has 1 heterocycles. The van der Waals surface area contributed by atoms with Gasteiger partial charge in [0.1, 0.15) is 19.0 Å². The van der Waals surface area contributed by atoms with Gasteiger partial charge < -0.3 is 39.4 Å². The molecule has 2 amide bonds. The molecule has 3 aromatic carbocycles. The van der Waals surface area contributed by atoms with Crippen LogP contribution in [-0.4, -0.2) is 56.5 Å². The molecule has 0 fully saturated rings. The van der Waals surface area contributed by atoms with Crippen molar-refractivity contribution in [3.63, 3.8) is 0 Å². The summed E-state index contributed by atoms with van der Waals surface area (Å²) in [6.45, 7) is 5.92. The van der Waals surface area contributed by atoms with E-state index in [0.29, 0.717) is 63.1 Å². The van der Waals surface area contributed by atoms with Crippen LogP contribution >= 0.6 is 15.9 Å². The Bertz CT molecular complexity index is 1650. The van der Waals surface area contributed by atoms with Crippen LogP contribution in [0.2, 0.25) is 0 Å². The Morgan fingerprint density at radius 3 is 2.55 bits per heavy atom. The van der Waals surface area contributed by atoms with E-state index in [1.54, 1.807) is 56.3 Å². The number of allylic oxidation sites excluding steroid dienone is 1. The number of methoxy groups -OCH3 is 1. The first-order chi connectivity index (χ1) is 22.6. The largest absolute Gasteiger partial charge is 0.490 e. The van der Waals surface area contributed by atoms with Crippen molar-refractivity contribution < 1.29 is 42.8 Å². The summed E-state index contributed by atoms with van der Waals surface area (Å²) in [5.74, 6) is 0.676. The highest BCUT2D eigenvalue weighted by molar-refractivity contribution is 9.10. The van der Waals surface area contributed by atoms with E-state index in [4.69, 9.17) is 23.7 Å². The predicted molar refractivity (Wildman–Crippen MR) is 175 cm³/mol. The van der Waals surface area contributed by atoms with Crippen molar-refractivity contribution in [2.45, 2.75) is 39.6 Å². The molecular formula is C33H36BrFN4O8. The van der Waals surface area contributed by atoms with Gasteiger partial charge in [-0.15, -0.1) is 0 Å². The van der Waals surface area contributed by atoms with E-state index < -0.39 is 24.3 Å². The number of urea groups is 1. The Hall–Kier alpha value is -4.82. The van der Waals surface area contributed by atoms with E-state index in [2.05, 4.69) is 37.1 Å². The van der Waals surface area contributed by atoms with Crippen molar-refractivity contribution in [2.24, 2.45) is 5.10 Å². The van der Waals surface area contributed by atoms with Gasteiger partial charge in [-0.25, -0.2) is 14.0 Å². The molecule has 3 aromatic rings. The van der Waals surface area contributed by atoms with Gasteiger partial charge in [0, 0.05) is 5.70 Å². The van der Waals surface area contributed by atoms with Gasteiger partial charge in [0.05, 0.1) is 42.6 Å². The van der Waals surface area contributed by atoms with Crippen LogP contribution < -0.4 is 35.0 Å². The van der Waals surface area contributed by atoms with Gasteiger partial charge in [-0.2, -0.15) is 5.10 Å². The number of hydrogen-bond donors (Lipinski definition) is 4. The second-order valence-corrected chi connectivity index (χ2v) is 11.0. The number of halogens is 2. The molecule has 4 rings (SSSR count). The topological polar surface area (TPSA) is 149 Å². The lowest BCUT2D eigenvalue weighted by Gasteiger charge is -2.28. The maximum Gasteiger partial charge on any atom is 0.337 e. The molecule has 0 radical (unpaired) electrons. The van der Waals surface area contributed by atoms with Crippen LogP contribution in [0.1, 0.15) is 43.5 Å². The summed E-state index contributed by atoms with van der Waals surface area (Å²) in [4.78, 5) is 24.6. The molecule has 1 aliphatic rings. The highest BCUT2D eigenvalue weighted by Crippen LogP contribution is 2.37. The molecule has 0 aliphatic carbocycles. The maximum absolute atomic E-state index is 13.6. The summed E-state index contributed by atoms with van der Waals surface area (Å²) >= 11 is 3.51. The molecule has 250 valence electrons. The molecule has 2 atom stereocenters. The SMILES string of the molecule is CCOc1cc([C@H]2NC(=O)NC(C)=C2C(=O)OC)ccc1OC[C@@H](O)N/N=C\c1cc(Br)c(OCc2cccc(F)c2)c(OCC)c1. The van der Waals surface area contributed by atoms with Crippen LogP contribution in [-0.2, 0) is 16.1 Å². The molecule has 0 unspecified atom stereocenters. The van der Waals surface area contributed by atoms with E-state index in [1.165, 1.54) is 25.5 Å². The number of carbonyl (C=O) groups excluding carboxylic acids is 2. The highest BCUT2D eigenvalue weighted by Gasteiger charge is 2.32. The molecule has 0 aromatic heterocycles. The van der Waals surface area contributed by atoms with Crippen LogP contribution in [0.3, 0.4) is 0 Å². The first-order valence-corrected chi connectivity index (χ1v) is 15.5. The van der Waals surface area contributed by atoms with Crippen molar-refractivity contribution in [3.8, 4) is 23.0 Å². The molecule has 4 N–H and O–H groups in total. The van der Waals surface area contributed by atoms with Crippen molar-refractivity contribution in [1.29, 1.82) is 0 Å². The van der Waals surface area contributed by atoms with Crippen LogP contribution in [0.25, 0.3) is 0 Å². The van der Waals surface area contributed by atoms with E-state index in [-0.39, 0.29) is 24.6 Å². The van der Waals surface area contributed by atoms with Gasteiger partial charge in [0.15, 0.2) is 29.2 Å². The van der Waals surface area contributed by atoms with E-state index >= 15 is 0 Å². The first kappa shape index (κ1) is 35.0. The van der Waals surface area contributed by atoms with Crippen LogP contribution in [0.5, 0.6) is 23.0 Å². The predicted octanol–water partition coefficient (Wildman–Crippen LogP) is 5.09. The number of nitrogens with zero attached hydrogens (tertiary/aromatic N) is 1. The standard InChI is InChI=1S/C33H36BrFN4O8/c1-5-44-26-15-22(30-29(32(41)43-4)19(3)37-33(42)38-30)10-11-25(26)46-18-28(40)39-36-16-21-13-24(34)31(27(14-21)45-6-2)47-17-20-8-7-9-23(35)12-20/h7-16,28,30,39-40H,5-6,17-18H2,1-4H3,(H2,37,38,42)/b36-16-/t28-,30-/m1/s1. The number of hydrazone groups is 1. The second kappa shape index (κ2) is 16.7. The quantitative estimate of drug-likeness (QED) is 0.0732. The third kappa shape index (κ3) is 9.36. The summed E-state index contributed by atoms with van der Waals surface area (Å²) in [5.41, 5.74) is 5.14. The monoisotopic (exact) mass is 714 g/mol. The van der Waals surface area contributed by atoms with E-state index in [9.17, 15) is 19.1 Å². The number of hydrogen-bond acceptors (Lipinski definition) is 10. The number of rotatable bonds is 15. The number of aliphatic hydroxyl groups excluding tert-OH is 1. The van der Waals surface area contributed by atoms with Gasteiger partial charge in [0.2, 0.25) is 0 Å². The van der Waals surface area contributed by atoms with Gasteiger partial charge >= 0.3 is 12.0 Å². The molecular weight excluding hydrogens is 679 g/mol. The smallest absolute Gasteiger partial charge is 0.337 e. The third-order valence-corrected chi connectivity index (χ3v) is 7.30. The number of carbonyl (C=O) groups is 2. The number of aliphatic hydroxyl groups is 1. The minimum atomic E-state index is -1.19. The molecule has 0 spiro atoms. The van der Waals surface area contributed by atoms with Gasteiger partial charge in [0.25, 0.3) is 0 Å². The van der Waals surface area contributed by atoms with Crippen LogP contribution in [0.4, 0.5) is 9.18 Å². The number of nitrogens with one attached hydrogen (secondary N) is 3. The summed E-state index contributed by atoms with van der Waals surface area (Å²) in [6.07, 6.45) is 0.305. The minimum Gasteiger partial charge on any atom is -0.490 e. The fraction of sp³-hybridized carbons (Fsp3) is 0.303. The number of ether oxygens (including phenoxy) is 5. The molecule has 14 heteroatoms. The van der Waals surface area contributed by atoms with Gasteiger partial charge in [-0.1, -0.05) is 18.2 Å². The van der Waals surface area contributed by atoms with Gasteiger partial charge in [-0.05, 0) is 89.8 Å².